The quantitative estimate of drug-likeness (QED) is 0.755. The number of rotatable bonds is 2. The molecule has 0 fully saturated rings. The summed E-state index contributed by atoms with van der Waals surface area (Å²) in [6.45, 7) is 5.34. The third kappa shape index (κ3) is 2.90. The van der Waals surface area contributed by atoms with E-state index in [1.54, 1.807) is 20.8 Å². The van der Waals surface area contributed by atoms with Gasteiger partial charge in [-0.2, -0.15) is 0 Å². The van der Waals surface area contributed by atoms with Crippen molar-refractivity contribution >= 4 is 5.78 Å². The van der Waals surface area contributed by atoms with E-state index in [2.05, 4.69) is 4.98 Å². The van der Waals surface area contributed by atoms with E-state index < -0.39 is 16.7 Å². The van der Waals surface area contributed by atoms with Crippen LogP contribution in [-0.4, -0.2) is 15.3 Å². The first-order valence-electron chi connectivity index (χ1n) is 4.64. The summed E-state index contributed by atoms with van der Waals surface area (Å²) in [5.41, 5.74) is -1.50. The first kappa shape index (κ1) is 11.4. The second kappa shape index (κ2) is 3.84. The van der Waals surface area contributed by atoms with E-state index in [0.717, 1.165) is 0 Å². The normalized spacial score (nSPS) is 11.4. The number of carbonyl (C=O) groups is 1. The van der Waals surface area contributed by atoms with Crippen LogP contribution in [0.15, 0.2) is 21.9 Å². The first-order valence-corrected chi connectivity index (χ1v) is 4.64. The lowest BCUT2D eigenvalue weighted by Crippen LogP contribution is -2.34. The average Bonchev–Trinajstić information content (AvgIpc) is 2.08. The van der Waals surface area contributed by atoms with Crippen LogP contribution >= 0.6 is 0 Å². The Balaban J connectivity index is 2.97. The molecule has 0 atom stereocenters. The van der Waals surface area contributed by atoms with E-state index in [4.69, 9.17) is 0 Å². The van der Waals surface area contributed by atoms with Crippen LogP contribution < -0.4 is 11.2 Å². The molecule has 0 aliphatic heterocycles. The fraction of sp³-hybridized carbons (Fsp3) is 0.500. The van der Waals surface area contributed by atoms with Crippen LogP contribution in [0.25, 0.3) is 0 Å². The molecular weight excluding hydrogens is 196 g/mol. The summed E-state index contributed by atoms with van der Waals surface area (Å²) in [5, 5.41) is 0. The molecule has 5 nitrogen and oxygen atoms in total. The number of carbonyl (C=O) groups excluding carboxylic acids is 1. The van der Waals surface area contributed by atoms with Crippen molar-refractivity contribution in [3.63, 3.8) is 0 Å². The number of ketones is 1. The number of Topliss-reactive ketones (excluding diaryl/α,β-unsaturated/α-hetero) is 1. The highest BCUT2D eigenvalue weighted by atomic mass is 16.2. The second-order valence-corrected chi connectivity index (χ2v) is 4.41. The van der Waals surface area contributed by atoms with Crippen LogP contribution in [0, 0.1) is 5.41 Å². The van der Waals surface area contributed by atoms with Crippen molar-refractivity contribution in [3.05, 3.63) is 33.1 Å². The molecule has 0 saturated carbocycles. The molecular formula is C10H14N2O3. The molecule has 5 heteroatoms. The minimum Gasteiger partial charge on any atom is -0.297 e. The van der Waals surface area contributed by atoms with Gasteiger partial charge in [-0.05, 0) is 0 Å². The molecule has 1 N–H and O–H groups in total. The molecule has 1 rings (SSSR count). The Morgan fingerprint density at radius 2 is 2.00 bits per heavy atom. The highest BCUT2D eigenvalue weighted by Crippen LogP contribution is 2.14. The third-order valence-electron chi connectivity index (χ3n) is 2.05. The van der Waals surface area contributed by atoms with E-state index in [1.165, 1.54) is 16.8 Å². The van der Waals surface area contributed by atoms with Gasteiger partial charge in [0.05, 0.1) is 6.54 Å². The zero-order valence-electron chi connectivity index (χ0n) is 9.03. The lowest BCUT2D eigenvalue weighted by molar-refractivity contribution is -0.126. The van der Waals surface area contributed by atoms with Crippen molar-refractivity contribution in [2.75, 3.05) is 0 Å². The average molecular weight is 210 g/mol. The van der Waals surface area contributed by atoms with Crippen LogP contribution in [0.3, 0.4) is 0 Å². The molecule has 0 spiro atoms. The van der Waals surface area contributed by atoms with Crippen LogP contribution in [0.2, 0.25) is 0 Å². The highest BCUT2D eigenvalue weighted by molar-refractivity contribution is 5.83. The summed E-state index contributed by atoms with van der Waals surface area (Å²) in [7, 11) is 0. The molecule has 0 aliphatic rings. The van der Waals surface area contributed by atoms with Gasteiger partial charge in [0.1, 0.15) is 0 Å². The van der Waals surface area contributed by atoms with Gasteiger partial charge in [0.25, 0.3) is 5.56 Å². The highest BCUT2D eigenvalue weighted by Gasteiger charge is 2.21. The molecule has 0 aromatic carbocycles. The lowest BCUT2D eigenvalue weighted by Gasteiger charge is -2.16. The summed E-state index contributed by atoms with van der Waals surface area (Å²) in [4.78, 5) is 35.7. The smallest absolute Gasteiger partial charge is 0.297 e. The molecule has 15 heavy (non-hydrogen) atoms. The van der Waals surface area contributed by atoms with E-state index in [0.29, 0.717) is 0 Å². The fourth-order valence-corrected chi connectivity index (χ4v) is 0.961. The predicted molar refractivity (Wildman–Crippen MR) is 55.8 cm³/mol. The van der Waals surface area contributed by atoms with E-state index >= 15 is 0 Å². The molecule has 0 aliphatic carbocycles. The second-order valence-electron chi connectivity index (χ2n) is 4.41. The molecule has 1 aromatic heterocycles. The zero-order valence-corrected chi connectivity index (χ0v) is 9.03. The summed E-state index contributed by atoms with van der Waals surface area (Å²) in [5.74, 6) is -0.0587. The van der Waals surface area contributed by atoms with Crippen molar-refractivity contribution in [2.45, 2.75) is 27.3 Å². The molecule has 1 aromatic rings. The first-order chi connectivity index (χ1) is 6.80. The van der Waals surface area contributed by atoms with E-state index in [-0.39, 0.29) is 12.3 Å². The van der Waals surface area contributed by atoms with Crippen molar-refractivity contribution in [1.29, 1.82) is 0 Å². The summed E-state index contributed by atoms with van der Waals surface area (Å²) in [6.07, 6.45) is 1.32. The third-order valence-corrected chi connectivity index (χ3v) is 2.05. The Labute approximate surface area is 86.8 Å². The maximum absolute atomic E-state index is 11.6. The van der Waals surface area contributed by atoms with Gasteiger partial charge >= 0.3 is 5.69 Å². The Bertz CT molecular complexity index is 476. The van der Waals surface area contributed by atoms with Crippen LogP contribution in [0.4, 0.5) is 0 Å². The molecule has 1 heterocycles. The fourth-order valence-electron chi connectivity index (χ4n) is 0.961. The largest absolute Gasteiger partial charge is 0.328 e. The topological polar surface area (TPSA) is 71.9 Å². The van der Waals surface area contributed by atoms with E-state index in [9.17, 15) is 14.4 Å². The van der Waals surface area contributed by atoms with Crippen LogP contribution in [0.1, 0.15) is 20.8 Å². The Morgan fingerprint density at radius 3 is 2.47 bits per heavy atom. The van der Waals surface area contributed by atoms with Gasteiger partial charge in [0, 0.05) is 17.7 Å². The number of nitrogens with zero attached hydrogens (tertiary/aromatic N) is 1. The number of nitrogens with one attached hydrogen (secondary N) is 1. The van der Waals surface area contributed by atoms with Crippen molar-refractivity contribution in [2.24, 2.45) is 5.41 Å². The lowest BCUT2D eigenvalue weighted by atomic mass is 9.91. The molecule has 0 unspecified atom stereocenters. The van der Waals surface area contributed by atoms with Crippen molar-refractivity contribution in [3.8, 4) is 0 Å². The number of hydrogen-bond acceptors (Lipinski definition) is 3. The maximum atomic E-state index is 11.6. The standard InChI is InChI=1S/C10H14N2O3/c1-10(2,3)7(13)6-12-5-4-8(14)11-9(12)15/h4-5H,6H2,1-3H3,(H,11,14,15). The van der Waals surface area contributed by atoms with Gasteiger partial charge in [-0.15, -0.1) is 0 Å². The van der Waals surface area contributed by atoms with Gasteiger partial charge in [-0.1, -0.05) is 20.8 Å². The number of H-pyrrole nitrogens is 1. The number of hydrogen-bond donors (Lipinski definition) is 1. The van der Waals surface area contributed by atoms with Crippen molar-refractivity contribution in [1.82, 2.24) is 9.55 Å². The minimum absolute atomic E-state index is 0.0148. The molecule has 0 bridgehead atoms. The summed E-state index contributed by atoms with van der Waals surface area (Å²) < 4.78 is 1.19. The van der Waals surface area contributed by atoms with Gasteiger partial charge in [0.15, 0.2) is 5.78 Å². The van der Waals surface area contributed by atoms with Gasteiger partial charge < -0.3 is 0 Å². The number of aromatic amines is 1. The predicted octanol–water partition coefficient (Wildman–Crippen LogP) is 0.152. The van der Waals surface area contributed by atoms with E-state index in [1.807, 2.05) is 0 Å². The molecule has 0 amide bonds. The Hall–Kier alpha value is -1.65. The summed E-state index contributed by atoms with van der Waals surface area (Å²) >= 11 is 0. The van der Waals surface area contributed by atoms with Gasteiger partial charge in [-0.25, -0.2) is 4.79 Å². The zero-order chi connectivity index (χ0) is 11.6. The Kier molecular flexibility index (Phi) is 2.93. The summed E-state index contributed by atoms with van der Waals surface area (Å²) in [6, 6.07) is 1.22. The molecule has 0 saturated heterocycles. The van der Waals surface area contributed by atoms with Gasteiger partial charge in [0.2, 0.25) is 0 Å². The van der Waals surface area contributed by atoms with Crippen LogP contribution in [0.5, 0.6) is 0 Å². The molecule has 82 valence electrons. The monoisotopic (exact) mass is 210 g/mol. The maximum Gasteiger partial charge on any atom is 0.328 e. The van der Waals surface area contributed by atoms with Gasteiger partial charge in [-0.3, -0.25) is 19.1 Å². The number of aromatic nitrogens is 2. The molecule has 0 radical (unpaired) electrons. The SMILES string of the molecule is CC(C)(C)C(=O)Cn1ccc(=O)[nH]c1=O. The van der Waals surface area contributed by atoms with Crippen LogP contribution in [-0.2, 0) is 11.3 Å². The van der Waals surface area contributed by atoms with Crippen molar-refractivity contribution < 1.29 is 4.79 Å². The minimum atomic E-state index is -0.555. The Morgan fingerprint density at radius 1 is 1.40 bits per heavy atom.